The third kappa shape index (κ3) is 4.32. The second-order valence-corrected chi connectivity index (χ2v) is 6.68. The summed E-state index contributed by atoms with van der Waals surface area (Å²) in [5.74, 6) is 1.96. The number of hydrogen-bond donors (Lipinski definition) is 0. The van der Waals surface area contributed by atoms with Gasteiger partial charge in [-0.2, -0.15) is 0 Å². The first kappa shape index (κ1) is 18.2. The van der Waals surface area contributed by atoms with Crippen LogP contribution in [0.5, 0.6) is 5.75 Å². The number of aromatic nitrogens is 3. The summed E-state index contributed by atoms with van der Waals surface area (Å²) >= 11 is 1.40. The number of ketones is 1. The lowest BCUT2D eigenvalue weighted by Crippen LogP contribution is -2.12. The predicted octanol–water partition coefficient (Wildman–Crippen LogP) is 4.41. The van der Waals surface area contributed by atoms with Gasteiger partial charge in [0, 0.05) is 12.1 Å². The minimum absolute atomic E-state index is 0.0800. The van der Waals surface area contributed by atoms with Crippen LogP contribution in [0, 0.1) is 0 Å². The van der Waals surface area contributed by atoms with E-state index >= 15 is 0 Å². The number of para-hydroxylation sites is 1. The van der Waals surface area contributed by atoms with Crippen LogP contribution in [0.2, 0.25) is 0 Å². The fraction of sp³-hybridized carbons (Fsp3) is 0.250. The van der Waals surface area contributed by atoms with E-state index in [4.69, 9.17) is 4.74 Å². The molecule has 3 rings (SSSR count). The van der Waals surface area contributed by atoms with Gasteiger partial charge >= 0.3 is 0 Å². The van der Waals surface area contributed by atoms with E-state index in [1.807, 2.05) is 79.1 Å². The Labute approximate surface area is 157 Å². The lowest BCUT2D eigenvalue weighted by Gasteiger charge is -2.15. The van der Waals surface area contributed by atoms with Crippen LogP contribution in [0.3, 0.4) is 0 Å². The van der Waals surface area contributed by atoms with Crippen LogP contribution in [0.25, 0.3) is 0 Å². The monoisotopic (exact) mass is 367 g/mol. The van der Waals surface area contributed by atoms with E-state index in [-0.39, 0.29) is 11.9 Å². The van der Waals surface area contributed by atoms with Gasteiger partial charge < -0.3 is 9.30 Å². The topological polar surface area (TPSA) is 57.0 Å². The molecule has 3 aromatic rings. The minimum Gasteiger partial charge on any atom is -0.483 e. The van der Waals surface area contributed by atoms with E-state index in [0.29, 0.717) is 17.9 Å². The molecule has 0 aliphatic rings. The van der Waals surface area contributed by atoms with Gasteiger partial charge in [-0.3, -0.25) is 4.79 Å². The van der Waals surface area contributed by atoms with Crippen molar-refractivity contribution in [2.45, 2.75) is 31.7 Å². The molecule has 0 saturated heterocycles. The molecule has 0 unspecified atom stereocenters. The molecule has 134 valence electrons. The van der Waals surface area contributed by atoms with Crippen LogP contribution in [-0.4, -0.2) is 26.3 Å². The molecule has 1 atom stereocenters. The SMILES string of the molecule is CCn1c(SCC(=O)c2ccccc2)nnc1[C@@H](C)Oc1ccccc1. The second-order valence-electron chi connectivity index (χ2n) is 5.74. The molecule has 6 heteroatoms. The van der Waals surface area contributed by atoms with Crippen LogP contribution in [-0.2, 0) is 6.54 Å². The normalized spacial score (nSPS) is 11.9. The summed E-state index contributed by atoms with van der Waals surface area (Å²) < 4.78 is 7.95. The quantitative estimate of drug-likeness (QED) is 0.436. The van der Waals surface area contributed by atoms with E-state index in [2.05, 4.69) is 10.2 Å². The Hall–Kier alpha value is -2.60. The van der Waals surface area contributed by atoms with Crippen molar-refractivity contribution in [3.63, 3.8) is 0 Å². The molecule has 1 aromatic heterocycles. The van der Waals surface area contributed by atoms with Gasteiger partial charge in [0.15, 0.2) is 22.9 Å². The van der Waals surface area contributed by atoms with Crippen molar-refractivity contribution in [1.29, 1.82) is 0 Å². The molecule has 1 heterocycles. The molecule has 0 N–H and O–H groups in total. The summed E-state index contributed by atoms with van der Waals surface area (Å²) in [7, 11) is 0. The fourth-order valence-electron chi connectivity index (χ4n) is 2.60. The fourth-order valence-corrected chi connectivity index (χ4v) is 3.50. The standard InChI is InChI=1S/C20H21N3O2S/c1-3-23-19(15(2)25-17-12-8-5-9-13-17)21-22-20(23)26-14-18(24)16-10-6-4-7-11-16/h4-13,15H,3,14H2,1-2H3/t15-/m1/s1. The molecule has 0 fully saturated rings. The van der Waals surface area contributed by atoms with E-state index in [1.54, 1.807) is 0 Å². The molecule has 0 spiro atoms. The number of ether oxygens (including phenoxy) is 1. The van der Waals surface area contributed by atoms with E-state index in [0.717, 1.165) is 16.7 Å². The molecular weight excluding hydrogens is 346 g/mol. The largest absolute Gasteiger partial charge is 0.483 e. The Bertz CT molecular complexity index is 850. The van der Waals surface area contributed by atoms with E-state index < -0.39 is 0 Å². The first-order chi connectivity index (χ1) is 12.7. The van der Waals surface area contributed by atoms with Crippen molar-refractivity contribution in [1.82, 2.24) is 14.8 Å². The zero-order chi connectivity index (χ0) is 18.4. The number of nitrogens with zero attached hydrogens (tertiary/aromatic N) is 3. The Morgan fingerprint density at radius 1 is 1.08 bits per heavy atom. The first-order valence-corrected chi connectivity index (χ1v) is 9.53. The van der Waals surface area contributed by atoms with Crippen LogP contribution in [0.4, 0.5) is 0 Å². The molecule has 2 aromatic carbocycles. The van der Waals surface area contributed by atoms with Crippen molar-refractivity contribution in [2.75, 3.05) is 5.75 Å². The highest BCUT2D eigenvalue weighted by Crippen LogP contribution is 2.24. The van der Waals surface area contributed by atoms with Gasteiger partial charge in [-0.1, -0.05) is 60.3 Å². The number of thioether (sulfide) groups is 1. The van der Waals surface area contributed by atoms with Gasteiger partial charge in [0.2, 0.25) is 0 Å². The molecule has 0 amide bonds. The minimum atomic E-state index is -0.232. The van der Waals surface area contributed by atoms with Gasteiger partial charge in [0.1, 0.15) is 5.75 Å². The molecule has 0 radical (unpaired) electrons. The summed E-state index contributed by atoms with van der Waals surface area (Å²) in [6, 6.07) is 18.9. The first-order valence-electron chi connectivity index (χ1n) is 8.55. The van der Waals surface area contributed by atoms with Crippen LogP contribution in [0.15, 0.2) is 65.8 Å². The second kappa shape index (κ2) is 8.67. The maximum Gasteiger partial charge on any atom is 0.191 e. The van der Waals surface area contributed by atoms with Gasteiger partial charge in [-0.25, -0.2) is 0 Å². The molecule has 0 aliphatic carbocycles. The third-order valence-corrected chi connectivity index (χ3v) is 4.88. The number of carbonyl (C=O) groups is 1. The maximum atomic E-state index is 12.3. The van der Waals surface area contributed by atoms with Gasteiger partial charge in [0.05, 0.1) is 5.75 Å². The third-order valence-electron chi connectivity index (χ3n) is 3.91. The summed E-state index contributed by atoms with van der Waals surface area (Å²) in [6.45, 7) is 4.70. The summed E-state index contributed by atoms with van der Waals surface area (Å²) in [6.07, 6.45) is -0.232. The van der Waals surface area contributed by atoms with Crippen molar-refractivity contribution in [3.05, 3.63) is 72.1 Å². The molecule has 0 saturated carbocycles. The molecule has 26 heavy (non-hydrogen) atoms. The highest BCUT2D eigenvalue weighted by molar-refractivity contribution is 7.99. The van der Waals surface area contributed by atoms with Gasteiger partial charge in [0.25, 0.3) is 0 Å². The number of benzene rings is 2. The smallest absolute Gasteiger partial charge is 0.191 e. The molecule has 0 bridgehead atoms. The summed E-state index contributed by atoms with van der Waals surface area (Å²) in [4.78, 5) is 12.3. The number of rotatable bonds is 8. The molecule has 0 aliphatic heterocycles. The van der Waals surface area contributed by atoms with Crippen molar-refractivity contribution >= 4 is 17.5 Å². The average molecular weight is 367 g/mol. The van der Waals surface area contributed by atoms with Gasteiger partial charge in [-0.05, 0) is 26.0 Å². The Balaban J connectivity index is 1.68. The van der Waals surface area contributed by atoms with Gasteiger partial charge in [-0.15, -0.1) is 10.2 Å². The van der Waals surface area contributed by atoms with E-state index in [9.17, 15) is 4.79 Å². The van der Waals surface area contributed by atoms with Crippen molar-refractivity contribution in [3.8, 4) is 5.75 Å². The summed E-state index contributed by atoms with van der Waals surface area (Å²) in [5.41, 5.74) is 0.712. The van der Waals surface area contributed by atoms with Crippen molar-refractivity contribution in [2.24, 2.45) is 0 Å². The van der Waals surface area contributed by atoms with Crippen LogP contribution >= 0.6 is 11.8 Å². The lowest BCUT2D eigenvalue weighted by molar-refractivity contribution is 0.102. The van der Waals surface area contributed by atoms with Crippen LogP contribution in [0.1, 0.15) is 36.1 Å². The number of Topliss-reactive ketones (excluding diaryl/α,β-unsaturated/α-hetero) is 1. The molecule has 5 nitrogen and oxygen atoms in total. The zero-order valence-corrected chi connectivity index (χ0v) is 15.6. The molecular formula is C20H21N3O2S. The average Bonchev–Trinajstić information content (AvgIpc) is 3.10. The Morgan fingerprint density at radius 3 is 2.38 bits per heavy atom. The number of hydrogen-bond acceptors (Lipinski definition) is 5. The predicted molar refractivity (Wildman–Crippen MR) is 103 cm³/mol. The number of carbonyl (C=O) groups excluding carboxylic acids is 1. The summed E-state index contributed by atoms with van der Waals surface area (Å²) in [5, 5.41) is 9.28. The van der Waals surface area contributed by atoms with Crippen LogP contribution < -0.4 is 4.74 Å². The Morgan fingerprint density at radius 2 is 1.73 bits per heavy atom. The highest BCUT2D eigenvalue weighted by atomic mass is 32.2. The zero-order valence-electron chi connectivity index (χ0n) is 14.8. The van der Waals surface area contributed by atoms with E-state index in [1.165, 1.54) is 11.8 Å². The maximum absolute atomic E-state index is 12.3. The lowest BCUT2D eigenvalue weighted by atomic mass is 10.2. The highest BCUT2D eigenvalue weighted by Gasteiger charge is 2.19. The Kier molecular flexibility index (Phi) is 6.07. The van der Waals surface area contributed by atoms with Crippen molar-refractivity contribution < 1.29 is 9.53 Å².